The minimum absolute atomic E-state index is 0.326. The first-order valence-electron chi connectivity index (χ1n) is 7.33. The Bertz CT molecular complexity index is 243. The highest BCUT2D eigenvalue weighted by atomic mass is 32.2. The molecule has 3 unspecified atom stereocenters. The Morgan fingerprint density at radius 3 is 2.72 bits per heavy atom. The third-order valence-electron chi connectivity index (χ3n) is 4.82. The lowest BCUT2D eigenvalue weighted by molar-refractivity contribution is 0.0984. The van der Waals surface area contributed by atoms with Gasteiger partial charge in [0.15, 0.2) is 0 Å². The van der Waals surface area contributed by atoms with Crippen molar-refractivity contribution in [3.05, 3.63) is 0 Å². The van der Waals surface area contributed by atoms with Crippen LogP contribution in [0.3, 0.4) is 0 Å². The van der Waals surface area contributed by atoms with Crippen molar-refractivity contribution < 1.29 is 0 Å². The maximum Gasteiger partial charge on any atom is 0.0131 e. The van der Waals surface area contributed by atoms with Crippen LogP contribution in [0.2, 0.25) is 0 Å². The van der Waals surface area contributed by atoms with E-state index in [1.807, 2.05) is 11.8 Å². The summed E-state index contributed by atoms with van der Waals surface area (Å²) in [6.07, 6.45) is 7.41. The number of hydrogen-bond donors (Lipinski definition) is 1. The van der Waals surface area contributed by atoms with E-state index in [-0.39, 0.29) is 0 Å². The number of rotatable bonds is 6. The molecule has 0 bridgehead atoms. The number of nitrogens with two attached hydrogens (primary N) is 1. The second-order valence-corrected chi connectivity index (χ2v) is 7.72. The first-order valence-corrected chi connectivity index (χ1v) is 8.72. The molecule has 0 spiro atoms. The monoisotopic (exact) mass is 272 g/mol. The Morgan fingerprint density at radius 1 is 1.44 bits per heavy atom. The molecule has 0 aliphatic heterocycles. The van der Waals surface area contributed by atoms with Gasteiger partial charge in [-0.15, -0.1) is 0 Å². The second kappa shape index (κ2) is 7.16. The number of hydrogen-bond acceptors (Lipinski definition) is 3. The summed E-state index contributed by atoms with van der Waals surface area (Å²) >= 11 is 1.94. The van der Waals surface area contributed by atoms with E-state index in [4.69, 9.17) is 5.73 Å². The van der Waals surface area contributed by atoms with Gasteiger partial charge in [-0.25, -0.2) is 0 Å². The van der Waals surface area contributed by atoms with Crippen LogP contribution in [-0.2, 0) is 0 Å². The van der Waals surface area contributed by atoms with Crippen molar-refractivity contribution >= 4 is 11.8 Å². The number of nitrogens with zero attached hydrogens (tertiary/aromatic N) is 1. The molecule has 0 aromatic rings. The quantitative estimate of drug-likeness (QED) is 0.805. The number of thioether (sulfide) groups is 1. The summed E-state index contributed by atoms with van der Waals surface area (Å²) < 4.78 is 0. The molecule has 3 atom stereocenters. The van der Waals surface area contributed by atoms with Gasteiger partial charge in [0.05, 0.1) is 0 Å². The molecule has 1 aliphatic carbocycles. The van der Waals surface area contributed by atoms with E-state index < -0.39 is 0 Å². The molecule has 18 heavy (non-hydrogen) atoms. The van der Waals surface area contributed by atoms with Crippen molar-refractivity contribution in [2.75, 3.05) is 25.6 Å². The maximum atomic E-state index is 6.47. The normalized spacial score (nSPS) is 29.5. The Morgan fingerprint density at radius 2 is 2.11 bits per heavy atom. The molecule has 0 aromatic heterocycles. The second-order valence-electron chi connectivity index (χ2n) is 6.74. The fourth-order valence-electron chi connectivity index (χ4n) is 3.07. The van der Waals surface area contributed by atoms with Crippen molar-refractivity contribution in [3.63, 3.8) is 0 Å². The largest absolute Gasteiger partial charge is 0.327 e. The van der Waals surface area contributed by atoms with Gasteiger partial charge in [-0.05, 0) is 56.6 Å². The fourth-order valence-corrected chi connectivity index (χ4v) is 3.64. The minimum atomic E-state index is 0.326. The van der Waals surface area contributed by atoms with E-state index in [2.05, 4.69) is 39.0 Å². The Kier molecular flexibility index (Phi) is 6.49. The first-order chi connectivity index (χ1) is 8.38. The smallest absolute Gasteiger partial charge is 0.0131 e. The zero-order chi connectivity index (χ0) is 13.8. The highest BCUT2D eigenvalue weighted by molar-refractivity contribution is 7.98. The van der Waals surface area contributed by atoms with Crippen LogP contribution in [0.5, 0.6) is 0 Å². The average Bonchev–Trinajstić information content (AvgIpc) is 2.31. The summed E-state index contributed by atoms with van der Waals surface area (Å²) in [4.78, 5) is 2.52. The first kappa shape index (κ1) is 16.3. The molecule has 0 radical (unpaired) electrons. The minimum Gasteiger partial charge on any atom is -0.327 e. The van der Waals surface area contributed by atoms with Crippen molar-refractivity contribution in [1.29, 1.82) is 0 Å². The van der Waals surface area contributed by atoms with Crippen molar-refractivity contribution in [2.45, 2.75) is 58.5 Å². The van der Waals surface area contributed by atoms with Crippen LogP contribution in [0.4, 0.5) is 0 Å². The lowest BCUT2D eigenvalue weighted by atomic mass is 9.68. The van der Waals surface area contributed by atoms with E-state index in [1.165, 1.54) is 38.0 Å². The van der Waals surface area contributed by atoms with Gasteiger partial charge in [0.2, 0.25) is 0 Å². The standard InChI is InChI=1S/C15H32N2S/c1-12(8-10-18-5)17(4)11-13-7-6-9-15(2,3)14(13)16/h12-14H,6-11,16H2,1-5H3. The molecular formula is C15H32N2S. The van der Waals surface area contributed by atoms with Crippen LogP contribution in [0.1, 0.15) is 46.5 Å². The van der Waals surface area contributed by atoms with Crippen LogP contribution in [0.25, 0.3) is 0 Å². The van der Waals surface area contributed by atoms with E-state index >= 15 is 0 Å². The molecule has 2 N–H and O–H groups in total. The molecule has 1 fully saturated rings. The zero-order valence-electron chi connectivity index (χ0n) is 12.9. The Labute approximate surface area is 118 Å². The highest BCUT2D eigenvalue weighted by Crippen LogP contribution is 2.38. The average molecular weight is 273 g/mol. The van der Waals surface area contributed by atoms with Crippen LogP contribution in [0, 0.1) is 11.3 Å². The van der Waals surface area contributed by atoms with Crippen LogP contribution in [0.15, 0.2) is 0 Å². The molecule has 108 valence electrons. The Hall–Kier alpha value is 0.270. The van der Waals surface area contributed by atoms with Gasteiger partial charge in [-0.3, -0.25) is 0 Å². The third-order valence-corrected chi connectivity index (χ3v) is 5.46. The zero-order valence-corrected chi connectivity index (χ0v) is 13.7. The van der Waals surface area contributed by atoms with Gasteiger partial charge in [0.25, 0.3) is 0 Å². The third kappa shape index (κ3) is 4.43. The van der Waals surface area contributed by atoms with E-state index in [0.29, 0.717) is 23.4 Å². The molecule has 0 aromatic carbocycles. The predicted octanol–water partition coefficient (Wildman–Crippen LogP) is 3.21. The fraction of sp³-hybridized carbons (Fsp3) is 1.00. The highest BCUT2D eigenvalue weighted by Gasteiger charge is 2.36. The summed E-state index contributed by atoms with van der Waals surface area (Å²) in [7, 11) is 2.26. The van der Waals surface area contributed by atoms with Crippen LogP contribution in [-0.4, -0.2) is 42.6 Å². The summed E-state index contributed by atoms with van der Waals surface area (Å²) in [5.74, 6) is 1.93. The molecule has 0 amide bonds. The topological polar surface area (TPSA) is 29.3 Å². The van der Waals surface area contributed by atoms with Gasteiger partial charge in [0.1, 0.15) is 0 Å². The predicted molar refractivity (Wildman–Crippen MR) is 84.2 cm³/mol. The van der Waals surface area contributed by atoms with Crippen molar-refractivity contribution in [1.82, 2.24) is 4.90 Å². The molecule has 0 heterocycles. The van der Waals surface area contributed by atoms with Gasteiger partial charge in [-0.1, -0.05) is 20.3 Å². The Balaban J connectivity index is 2.45. The van der Waals surface area contributed by atoms with Gasteiger partial charge in [-0.2, -0.15) is 11.8 Å². The summed E-state index contributed by atoms with van der Waals surface area (Å²) in [5.41, 5.74) is 6.80. The van der Waals surface area contributed by atoms with E-state index in [1.54, 1.807) is 0 Å². The summed E-state index contributed by atoms with van der Waals surface area (Å²) in [5, 5.41) is 0. The lowest BCUT2D eigenvalue weighted by Gasteiger charge is -2.44. The molecular weight excluding hydrogens is 240 g/mol. The van der Waals surface area contributed by atoms with Crippen molar-refractivity contribution in [3.8, 4) is 0 Å². The maximum absolute atomic E-state index is 6.47. The van der Waals surface area contributed by atoms with Gasteiger partial charge >= 0.3 is 0 Å². The van der Waals surface area contributed by atoms with E-state index in [9.17, 15) is 0 Å². The molecule has 0 saturated heterocycles. The molecule has 1 saturated carbocycles. The SMILES string of the molecule is CSCCC(C)N(C)CC1CCCC(C)(C)C1N. The van der Waals surface area contributed by atoms with Crippen LogP contribution < -0.4 is 5.73 Å². The summed E-state index contributed by atoms with van der Waals surface area (Å²) in [6, 6.07) is 1.04. The van der Waals surface area contributed by atoms with Crippen LogP contribution >= 0.6 is 11.8 Å². The molecule has 2 nitrogen and oxygen atoms in total. The molecule has 1 aliphatic rings. The molecule has 3 heteroatoms. The van der Waals surface area contributed by atoms with Gasteiger partial charge < -0.3 is 10.6 Å². The summed E-state index contributed by atoms with van der Waals surface area (Å²) in [6.45, 7) is 8.18. The van der Waals surface area contributed by atoms with Crippen molar-refractivity contribution in [2.24, 2.45) is 17.1 Å². The van der Waals surface area contributed by atoms with E-state index in [0.717, 1.165) is 0 Å². The van der Waals surface area contributed by atoms with Gasteiger partial charge in [0, 0.05) is 18.6 Å². The lowest BCUT2D eigenvalue weighted by Crippen LogP contribution is -2.50. The molecule has 1 rings (SSSR count).